The third-order valence-electron chi connectivity index (χ3n) is 4.48. The molecule has 0 atom stereocenters. The van der Waals surface area contributed by atoms with Gasteiger partial charge in [0.2, 0.25) is 0 Å². The zero-order valence-corrected chi connectivity index (χ0v) is 16.4. The van der Waals surface area contributed by atoms with Gasteiger partial charge in [0.25, 0.3) is 0 Å². The van der Waals surface area contributed by atoms with Crippen molar-refractivity contribution in [2.45, 2.75) is 32.7 Å². The summed E-state index contributed by atoms with van der Waals surface area (Å²) in [5.74, 6) is 0.464. The van der Waals surface area contributed by atoms with Gasteiger partial charge >= 0.3 is 0 Å². The standard InChI is InChI=1S/C22H22N2OS/c1-14-5-7-18(8-6-14)21(25)13-26-22-10-9-20(23-24-22)19-12-16(3)15(2)11-17(19)4/h5-12H,13H2,1-4H3. The topological polar surface area (TPSA) is 42.9 Å². The predicted molar refractivity (Wildman–Crippen MR) is 108 cm³/mol. The lowest BCUT2D eigenvalue weighted by Gasteiger charge is -2.09. The van der Waals surface area contributed by atoms with Crippen LogP contribution >= 0.6 is 11.8 Å². The fourth-order valence-corrected chi connectivity index (χ4v) is 3.45. The maximum Gasteiger partial charge on any atom is 0.173 e. The molecule has 3 aromatic rings. The number of ketones is 1. The monoisotopic (exact) mass is 362 g/mol. The maximum absolute atomic E-state index is 12.3. The molecular formula is C22H22N2OS. The summed E-state index contributed by atoms with van der Waals surface area (Å²) in [6.45, 7) is 8.32. The van der Waals surface area contributed by atoms with E-state index in [-0.39, 0.29) is 5.78 Å². The Morgan fingerprint density at radius 1 is 0.846 bits per heavy atom. The fourth-order valence-electron chi connectivity index (χ4n) is 2.74. The lowest BCUT2D eigenvalue weighted by Crippen LogP contribution is -2.03. The fraction of sp³-hybridized carbons (Fsp3) is 0.227. The Morgan fingerprint density at radius 3 is 2.19 bits per heavy atom. The highest BCUT2D eigenvalue weighted by Gasteiger charge is 2.10. The second-order valence-corrected chi connectivity index (χ2v) is 7.58. The molecule has 1 heterocycles. The maximum atomic E-state index is 12.3. The van der Waals surface area contributed by atoms with E-state index in [1.165, 1.54) is 28.5 Å². The number of aryl methyl sites for hydroxylation is 4. The number of hydrogen-bond donors (Lipinski definition) is 0. The summed E-state index contributed by atoms with van der Waals surface area (Å²) in [5, 5.41) is 9.41. The molecule has 4 heteroatoms. The molecule has 0 spiro atoms. The minimum absolute atomic E-state index is 0.103. The van der Waals surface area contributed by atoms with Crippen LogP contribution in [0.3, 0.4) is 0 Å². The highest BCUT2D eigenvalue weighted by atomic mass is 32.2. The molecule has 0 amide bonds. The first-order chi connectivity index (χ1) is 12.4. The van der Waals surface area contributed by atoms with Crippen LogP contribution in [-0.2, 0) is 0 Å². The molecule has 0 radical (unpaired) electrons. The van der Waals surface area contributed by atoms with Crippen molar-refractivity contribution in [3.05, 3.63) is 76.3 Å². The first-order valence-electron chi connectivity index (χ1n) is 8.58. The number of aromatic nitrogens is 2. The molecule has 0 bridgehead atoms. The third kappa shape index (κ3) is 4.20. The van der Waals surface area contributed by atoms with E-state index in [1.54, 1.807) is 0 Å². The van der Waals surface area contributed by atoms with Crippen LogP contribution in [0.1, 0.15) is 32.6 Å². The van der Waals surface area contributed by atoms with Gasteiger partial charge in [-0.3, -0.25) is 4.79 Å². The lowest BCUT2D eigenvalue weighted by atomic mass is 9.99. The van der Waals surface area contributed by atoms with Crippen molar-refractivity contribution >= 4 is 17.5 Å². The number of nitrogens with zero attached hydrogens (tertiary/aromatic N) is 2. The highest BCUT2D eigenvalue weighted by Crippen LogP contribution is 2.26. The van der Waals surface area contributed by atoms with Crippen molar-refractivity contribution in [2.75, 3.05) is 5.75 Å². The number of Topliss-reactive ketones (excluding diaryl/α,β-unsaturated/α-hetero) is 1. The van der Waals surface area contributed by atoms with Gasteiger partial charge in [0.05, 0.1) is 11.4 Å². The van der Waals surface area contributed by atoms with Crippen LogP contribution in [0.25, 0.3) is 11.3 Å². The second kappa shape index (κ2) is 7.83. The average Bonchev–Trinajstić information content (AvgIpc) is 2.64. The molecule has 132 valence electrons. The van der Waals surface area contributed by atoms with Crippen molar-refractivity contribution in [3.63, 3.8) is 0 Å². The Labute approximate surface area is 158 Å². The first kappa shape index (κ1) is 18.3. The number of rotatable bonds is 5. The summed E-state index contributed by atoms with van der Waals surface area (Å²) in [5.41, 5.74) is 7.57. The zero-order valence-electron chi connectivity index (χ0n) is 15.5. The van der Waals surface area contributed by atoms with Gasteiger partial charge in [-0.15, -0.1) is 10.2 Å². The van der Waals surface area contributed by atoms with E-state index in [0.717, 1.165) is 27.4 Å². The summed E-state index contributed by atoms with van der Waals surface area (Å²) < 4.78 is 0. The van der Waals surface area contributed by atoms with E-state index in [4.69, 9.17) is 0 Å². The Kier molecular flexibility index (Phi) is 5.52. The van der Waals surface area contributed by atoms with E-state index < -0.39 is 0 Å². The SMILES string of the molecule is Cc1ccc(C(=O)CSc2ccc(-c3cc(C)c(C)cc3C)nn2)cc1. The smallest absolute Gasteiger partial charge is 0.173 e. The predicted octanol–water partition coefficient (Wildman–Crippen LogP) is 5.35. The molecule has 0 aliphatic carbocycles. The van der Waals surface area contributed by atoms with Crippen LogP contribution in [0, 0.1) is 27.7 Å². The van der Waals surface area contributed by atoms with Crippen LogP contribution in [0.4, 0.5) is 0 Å². The number of benzene rings is 2. The Hall–Kier alpha value is -2.46. The Balaban J connectivity index is 1.69. The van der Waals surface area contributed by atoms with Crippen molar-refractivity contribution < 1.29 is 4.79 Å². The summed E-state index contributed by atoms with van der Waals surface area (Å²) >= 11 is 1.42. The largest absolute Gasteiger partial charge is 0.293 e. The van der Waals surface area contributed by atoms with Crippen molar-refractivity contribution in [1.29, 1.82) is 0 Å². The van der Waals surface area contributed by atoms with Gasteiger partial charge < -0.3 is 0 Å². The lowest BCUT2D eigenvalue weighted by molar-refractivity contribution is 0.102. The average molecular weight is 362 g/mol. The molecule has 2 aromatic carbocycles. The molecule has 0 aliphatic rings. The summed E-state index contributed by atoms with van der Waals surface area (Å²) in [4.78, 5) is 12.3. The van der Waals surface area contributed by atoms with Gasteiger partial charge in [0, 0.05) is 11.1 Å². The first-order valence-corrected chi connectivity index (χ1v) is 9.57. The second-order valence-electron chi connectivity index (χ2n) is 6.59. The van der Waals surface area contributed by atoms with Crippen LogP contribution in [-0.4, -0.2) is 21.7 Å². The molecule has 3 nitrogen and oxygen atoms in total. The van der Waals surface area contributed by atoms with Gasteiger partial charge in [-0.2, -0.15) is 0 Å². The molecule has 0 fully saturated rings. The van der Waals surface area contributed by atoms with Gasteiger partial charge in [-0.1, -0.05) is 47.7 Å². The zero-order chi connectivity index (χ0) is 18.7. The van der Waals surface area contributed by atoms with Gasteiger partial charge in [0.1, 0.15) is 5.03 Å². The summed E-state index contributed by atoms with van der Waals surface area (Å²) in [6, 6.07) is 15.9. The molecule has 0 N–H and O–H groups in total. The molecule has 0 unspecified atom stereocenters. The van der Waals surface area contributed by atoms with Crippen LogP contribution in [0.5, 0.6) is 0 Å². The molecule has 26 heavy (non-hydrogen) atoms. The van der Waals surface area contributed by atoms with Gasteiger partial charge in [0.15, 0.2) is 5.78 Å². The molecule has 0 saturated heterocycles. The van der Waals surface area contributed by atoms with E-state index in [0.29, 0.717) is 5.75 Å². The van der Waals surface area contributed by atoms with E-state index in [2.05, 4.69) is 43.1 Å². The van der Waals surface area contributed by atoms with Crippen molar-refractivity contribution in [2.24, 2.45) is 0 Å². The summed E-state index contributed by atoms with van der Waals surface area (Å²) in [6.07, 6.45) is 0. The van der Waals surface area contributed by atoms with E-state index in [9.17, 15) is 4.79 Å². The highest BCUT2D eigenvalue weighted by molar-refractivity contribution is 7.99. The summed E-state index contributed by atoms with van der Waals surface area (Å²) in [7, 11) is 0. The van der Waals surface area contributed by atoms with Crippen molar-refractivity contribution in [3.8, 4) is 11.3 Å². The number of carbonyl (C=O) groups is 1. The van der Waals surface area contributed by atoms with E-state index >= 15 is 0 Å². The minimum atomic E-state index is 0.103. The quantitative estimate of drug-likeness (QED) is 0.453. The van der Waals surface area contributed by atoms with Crippen LogP contribution in [0.2, 0.25) is 0 Å². The molecule has 0 aliphatic heterocycles. The van der Waals surface area contributed by atoms with Crippen molar-refractivity contribution in [1.82, 2.24) is 10.2 Å². The number of carbonyl (C=O) groups excluding carboxylic acids is 1. The molecule has 3 rings (SSSR count). The van der Waals surface area contributed by atoms with Crippen LogP contribution < -0.4 is 0 Å². The van der Waals surface area contributed by atoms with Crippen LogP contribution in [0.15, 0.2) is 53.6 Å². The normalized spacial score (nSPS) is 10.8. The Morgan fingerprint density at radius 2 is 1.54 bits per heavy atom. The van der Waals surface area contributed by atoms with Gasteiger partial charge in [-0.25, -0.2) is 0 Å². The number of thioether (sulfide) groups is 1. The third-order valence-corrected chi connectivity index (χ3v) is 5.40. The van der Waals surface area contributed by atoms with Gasteiger partial charge in [-0.05, 0) is 62.6 Å². The number of hydrogen-bond acceptors (Lipinski definition) is 4. The Bertz CT molecular complexity index is 932. The molecule has 1 aromatic heterocycles. The molecular weight excluding hydrogens is 340 g/mol. The minimum Gasteiger partial charge on any atom is -0.293 e. The molecule has 0 saturated carbocycles. The van der Waals surface area contributed by atoms with E-state index in [1.807, 2.05) is 43.3 Å².